The van der Waals surface area contributed by atoms with Gasteiger partial charge in [0.05, 0.1) is 12.7 Å². The summed E-state index contributed by atoms with van der Waals surface area (Å²) in [6, 6.07) is 2.57. The molecule has 0 heterocycles. The largest absolute Gasteiger partial charge is 0.504 e. The summed E-state index contributed by atoms with van der Waals surface area (Å²) in [5.41, 5.74) is -0.583. The summed E-state index contributed by atoms with van der Waals surface area (Å²) in [5.74, 6) is -1.25. The second kappa shape index (κ2) is 4.74. The maximum atomic E-state index is 11.1. The first-order valence-electron chi connectivity index (χ1n) is 5.78. The van der Waals surface area contributed by atoms with E-state index >= 15 is 0 Å². The van der Waals surface area contributed by atoms with E-state index in [2.05, 4.69) is 4.99 Å². The van der Waals surface area contributed by atoms with Gasteiger partial charge in [0.1, 0.15) is 5.54 Å². The van der Waals surface area contributed by atoms with E-state index in [1.54, 1.807) is 0 Å². The number of phenolic OH excluding ortho intramolecular Hbond substituents is 1. The molecule has 0 saturated heterocycles. The minimum absolute atomic E-state index is 0.0166. The zero-order valence-electron chi connectivity index (χ0n) is 10.3. The normalized spacial score (nSPS) is 16.1. The van der Waals surface area contributed by atoms with Gasteiger partial charge in [0, 0.05) is 5.56 Å². The van der Waals surface area contributed by atoms with Crippen molar-refractivity contribution in [2.75, 3.05) is 7.11 Å². The molecule has 2 N–H and O–H groups in total. The van der Waals surface area contributed by atoms with E-state index in [0.29, 0.717) is 18.4 Å². The number of carboxylic acids is 1. The summed E-state index contributed by atoms with van der Waals surface area (Å²) in [5, 5.41) is 19.2. The number of rotatable bonds is 4. The topological polar surface area (TPSA) is 96.2 Å². The van der Waals surface area contributed by atoms with E-state index < -0.39 is 11.5 Å². The Balaban J connectivity index is 2.64. The third kappa shape index (κ3) is 2.06. The molecule has 0 amide bonds. The van der Waals surface area contributed by atoms with Crippen molar-refractivity contribution in [2.45, 2.75) is 24.8 Å². The number of phenols is 1. The number of methoxy groups -OCH3 is 1. The second-order valence-electron chi connectivity index (χ2n) is 4.47. The number of carbonyl (C=O) groups is 1. The zero-order valence-corrected chi connectivity index (χ0v) is 10.3. The van der Waals surface area contributed by atoms with Crippen LogP contribution in [0.15, 0.2) is 17.1 Å². The Morgan fingerprint density at radius 2 is 2.16 bits per heavy atom. The first-order chi connectivity index (χ1) is 9.04. The molecule has 19 heavy (non-hydrogen) atoms. The molecule has 1 aliphatic rings. The minimum atomic E-state index is -1.14. The van der Waals surface area contributed by atoms with E-state index in [1.807, 2.05) is 0 Å². The summed E-state index contributed by atoms with van der Waals surface area (Å²) in [6.07, 6.45) is 3.49. The van der Waals surface area contributed by atoms with Crippen LogP contribution in [0.4, 0.5) is 0 Å². The molecule has 1 fully saturated rings. The molecule has 0 radical (unpaired) electrons. The molecular weight excluding hydrogens is 250 g/mol. The van der Waals surface area contributed by atoms with Crippen LogP contribution in [-0.4, -0.2) is 29.4 Å². The van der Waals surface area contributed by atoms with Crippen molar-refractivity contribution in [1.29, 1.82) is 0 Å². The maximum Gasteiger partial charge on any atom is 0.335 e. The van der Waals surface area contributed by atoms with Crippen LogP contribution in [0, 0.1) is 0 Å². The first kappa shape index (κ1) is 13.1. The number of carbonyl (C=O) groups excluding carboxylic acids is 1. The first-order valence-corrected chi connectivity index (χ1v) is 5.78. The van der Waals surface area contributed by atoms with Crippen molar-refractivity contribution in [2.24, 2.45) is 4.99 Å². The van der Waals surface area contributed by atoms with E-state index in [1.165, 1.54) is 25.3 Å². The number of carboxylic acid groups (broad SMARTS) is 1. The van der Waals surface area contributed by atoms with Crippen molar-refractivity contribution >= 4 is 12.0 Å². The lowest BCUT2D eigenvalue weighted by Crippen LogP contribution is -2.32. The fraction of sp³-hybridized carbons (Fsp3) is 0.385. The molecule has 100 valence electrons. The van der Waals surface area contributed by atoms with Crippen molar-refractivity contribution < 1.29 is 24.5 Å². The molecule has 1 aliphatic carbocycles. The van der Waals surface area contributed by atoms with Crippen molar-refractivity contribution in [3.8, 4) is 11.5 Å². The third-order valence-corrected chi connectivity index (χ3v) is 3.48. The quantitative estimate of drug-likeness (QED) is 0.638. The average molecular weight is 263 g/mol. The minimum Gasteiger partial charge on any atom is -0.504 e. The molecule has 6 heteroatoms. The number of nitrogens with zero attached hydrogens (tertiary/aromatic N) is 1. The lowest BCUT2D eigenvalue weighted by Gasteiger charge is -2.37. The van der Waals surface area contributed by atoms with Crippen LogP contribution < -0.4 is 4.74 Å². The predicted octanol–water partition coefficient (Wildman–Crippen LogP) is 1.81. The maximum absolute atomic E-state index is 11.1. The highest BCUT2D eigenvalue weighted by molar-refractivity contribution is 5.89. The van der Waals surface area contributed by atoms with Gasteiger partial charge in [-0.05, 0) is 31.4 Å². The highest BCUT2D eigenvalue weighted by Crippen LogP contribution is 2.50. The summed E-state index contributed by atoms with van der Waals surface area (Å²) in [6.45, 7) is 0. The molecule has 1 saturated carbocycles. The predicted molar refractivity (Wildman–Crippen MR) is 65.3 cm³/mol. The molecule has 0 unspecified atom stereocenters. The Morgan fingerprint density at radius 3 is 2.58 bits per heavy atom. The molecular formula is C13H13NO5. The third-order valence-electron chi connectivity index (χ3n) is 3.48. The van der Waals surface area contributed by atoms with E-state index in [0.717, 1.165) is 6.42 Å². The van der Waals surface area contributed by atoms with Gasteiger partial charge in [-0.15, -0.1) is 0 Å². The molecule has 0 bridgehead atoms. The van der Waals surface area contributed by atoms with Gasteiger partial charge < -0.3 is 14.9 Å². The van der Waals surface area contributed by atoms with Gasteiger partial charge in [-0.1, -0.05) is 0 Å². The number of ether oxygens (including phenoxy) is 1. The van der Waals surface area contributed by atoms with E-state index in [4.69, 9.17) is 9.84 Å². The highest BCUT2D eigenvalue weighted by Gasteiger charge is 2.42. The number of aromatic carboxylic acids is 1. The van der Waals surface area contributed by atoms with Gasteiger partial charge in [0.15, 0.2) is 11.5 Å². The summed E-state index contributed by atoms with van der Waals surface area (Å²) < 4.78 is 4.96. The van der Waals surface area contributed by atoms with Gasteiger partial charge in [-0.3, -0.25) is 0 Å². The zero-order chi connectivity index (χ0) is 14.0. The summed E-state index contributed by atoms with van der Waals surface area (Å²) in [4.78, 5) is 25.4. The van der Waals surface area contributed by atoms with E-state index in [9.17, 15) is 14.7 Å². The Morgan fingerprint density at radius 1 is 1.47 bits per heavy atom. The molecule has 1 aromatic rings. The molecule has 1 aromatic carbocycles. The standard InChI is InChI=1S/C13H13NO5/c1-19-10-6-8(12(17)18)5-9(11(10)16)13(14-7-15)3-2-4-13/h5-6,16H,2-4H2,1H3,(H,17,18). The summed E-state index contributed by atoms with van der Waals surface area (Å²) >= 11 is 0. The molecule has 0 aliphatic heterocycles. The molecule has 0 aromatic heterocycles. The lowest BCUT2D eigenvalue weighted by atomic mass is 9.71. The molecule has 0 spiro atoms. The average Bonchev–Trinajstić information content (AvgIpc) is 2.34. The van der Waals surface area contributed by atoms with Gasteiger partial charge in [-0.2, -0.15) is 4.99 Å². The smallest absolute Gasteiger partial charge is 0.335 e. The number of benzene rings is 1. The Bertz CT molecular complexity index is 571. The van der Waals surface area contributed by atoms with Crippen LogP contribution in [0.25, 0.3) is 0 Å². The number of isocyanates is 1. The van der Waals surface area contributed by atoms with Gasteiger partial charge in [0.25, 0.3) is 0 Å². The number of aliphatic imine (C=N–C) groups is 1. The molecule has 2 rings (SSSR count). The van der Waals surface area contributed by atoms with E-state index in [-0.39, 0.29) is 17.1 Å². The van der Waals surface area contributed by atoms with Crippen molar-refractivity contribution in [3.63, 3.8) is 0 Å². The molecule has 0 atom stereocenters. The lowest BCUT2D eigenvalue weighted by molar-refractivity contribution is 0.0696. The van der Waals surface area contributed by atoms with Crippen LogP contribution in [0.2, 0.25) is 0 Å². The van der Waals surface area contributed by atoms with Gasteiger partial charge in [0.2, 0.25) is 6.08 Å². The Kier molecular flexibility index (Phi) is 3.27. The van der Waals surface area contributed by atoms with Crippen LogP contribution in [-0.2, 0) is 10.3 Å². The fourth-order valence-electron chi connectivity index (χ4n) is 2.28. The SMILES string of the molecule is COc1cc(C(=O)O)cc(C2(N=C=O)CCC2)c1O. The Labute approximate surface area is 109 Å². The van der Waals surface area contributed by atoms with Crippen LogP contribution in [0.5, 0.6) is 11.5 Å². The second-order valence-corrected chi connectivity index (χ2v) is 4.47. The van der Waals surface area contributed by atoms with Gasteiger partial charge in [-0.25, -0.2) is 9.59 Å². The van der Waals surface area contributed by atoms with Gasteiger partial charge >= 0.3 is 5.97 Å². The number of hydrogen-bond donors (Lipinski definition) is 2. The summed E-state index contributed by atoms with van der Waals surface area (Å²) in [7, 11) is 1.33. The van der Waals surface area contributed by atoms with Crippen LogP contribution in [0.3, 0.4) is 0 Å². The number of hydrogen-bond acceptors (Lipinski definition) is 5. The monoisotopic (exact) mass is 263 g/mol. The van der Waals surface area contributed by atoms with Crippen molar-refractivity contribution in [3.05, 3.63) is 23.3 Å². The number of aromatic hydroxyl groups is 1. The Hall–Kier alpha value is -2.33. The fourth-order valence-corrected chi connectivity index (χ4v) is 2.28. The molecule has 6 nitrogen and oxygen atoms in total. The van der Waals surface area contributed by atoms with Crippen molar-refractivity contribution in [1.82, 2.24) is 0 Å². The highest BCUT2D eigenvalue weighted by atomic mass is 16.5. The van der Waals surface area contributed by atoms with Crippen LogP contribution in [0.1, 0.15) is 35.2 Å². The van der Waals surface area contributed by atoms with Crippen LogP contribution >= 0.6 is 0 Å².